The number of halogens is 1. The molecule has 0 unspecified atom stereocenters. The van der Waals surface area contributed by atoms with E-state index in [2.05, 4.69) is 5.32 Å². The third-order valence-electron chi connectivity index (χ3n) is 1.91. The predicted octanol–water partition coefficient (Wildman–Crippen LogP) is 1.04. The largest absolute Gasteiger partial charge is 0.492 e. The van der Waals surface area contributed by atoms with Crippen LogP contribution in [0.1, 0.15) is 17.3 Å². The number of amides is 1. The van der Waals surface area contributed by atoms with Gasteiger partial charge in [-0.15, -0.1) is 0 Å². The second-order valence-electron chi connectivity index (χ2n) is 3.28. The van der Waals surface area contributed by atoms with Crippen LogP contribution in [-0.2, 0) is 4.79 Å². The second-order valence-corrected chi connectivity index (χ2v) is 3.28. The maximum Gasteiger partial charge on any atom is 0.338 e. The monoisotopic (exact) mass is 241 g/mol. The molecule has 0 aliphatic heterocycles. The number of ether oxygens (including phenoxy) is 1. The molecule has 2 N–H and O–H groups in total. The molecule has 1 aromatic rings. The van der Waals surface area contributed by atoms with Crippen LogP contribution in [0, 0.1) is 5.82 Å². The van der Waals surface area contributed by atoms with E-state index >= 15 is 0 Å². The molecule has 6 heteroatoms. The van der Waals surface area contributed by atoms with Gasteiger partial charge in [-0.1, -0.05) is 0 Å². The molecule has 92 valence electrons. The Hall–Kier alpha value is -2.11. The summed E-state index contributed by atoms with van der Waals surface area (Å²) in [5.74, 6) is -2.10. The topological polar surface area (TPSA) is 75.6 Å². The van der Waals surface area contributed by atoms with E-state index in [-0.39, 0.29) is 18.3 Å². The van der Waals surface area contributed by atoms with Crippen molar-refractivity contribution in [2.45, 2.75) is 6.92 Å². The van der Waals surface area contributed by atoms with Crippen molar-refractivity contribution in [3.63, 3.8) is 0 Å². The van der Waals surface area contributed by atoms with Gasteiger partial charge in [0.1, 0.15) is 18.2 Å². The SMILES string of the molecule is CC(=O)NCCOc1ccc(F)c(C(=O)O)c1. The molecule has 0 fully saturated rings. The van der Waals surface area contributed by atoms with Crippen molar-refractivity contribution in [3.8, 4) is 5.75 Å². The minimum absolute atomic E-state index is 0.182. The fourth-order valence-electron chi connectivity index (χ4n) is 1.15. The number of carboxylic acids is 1. The number of benzene rings is 1. The number of hydrogen-bond donors (Lipinski definition) is 2. The lowest BCUT2D eigenvalue weighted by Crippen LogP contribution is -2.25. The minimum atomic E-state index is -1.35. The van der Waals surface area contributed by atoms with Gasteiger partial charge >= 0.3 is 5.97 Å². The quantitative estimate of drug-likeness (QED) is 0.755. The van der Waals surface area contributed by atoms with Crippen LogP contribution in [0.4, 0.5) is 4.39 Å². The molecule has 1 rings (SSSR count). The first-order valence-electron chi connectivity index (χ1n) is 4.91. The van der Waals surface area contributed by atoms with Crippen molar-refractivity contribution in [1.82, 2.24) is 5.32 Å². The van der Waals surface area contributed by atoms with Gasteiger partial charge in [0.05, 0.1) is 12.1 Å². The van der Waals surface area contributed by atoms with Crippen molar-refractivity contribution in [2.24, 2.45) is 0 Å². The van der Waals surface area contributed by atoms with Crippen molar-refractivity contribution in [1.29, 1.82) is 0 Å². The van der Waals surface area contributed by atoms with Gasteiger partial charge in [-0.2, -0.15) is 0 Å². The summed E-state index contributed by atoms with van der Waals surface area (Å²) in [7, 11) is 0. The summed E-state index contributed by atoms with van der Waals surface area (Å²) in [6.45, 7) is 1.86. The van der Waals surface area contributed by atoms with Gasteiger partial charge in [0.15, 0.2) is 0 Å². The van der Waals surface area contributed by atoms with E-state index in [1.807, 2.05) is 0 Å². The van der Waals surface area contributed by atoms with Gasteiger partial charge in [0, 0.05) is 6.92 Å². The molecule has 1 aromatic carbocycles. The molecule has 0 aliphatic rings. The summed E-state index contributed by atoms with van der Waals surface area (Å²) >= 11 is 0. The lowest BCUT2D eigenvalue weighted by molar-refractivity contribution is -0.119. The number of carbonyl (C=O) groups is 2. The highest BCUT2D eigenvalue weighted by atomic mass is 19.1. The predicted molar refractivity (Wildman–Crippen MR) is 57.5 cm³/mol. The minimum Gasteiger partial charge on any atom is -0.492 e. The highest BCUT2D eigenvalue weighted by Gasteiger charge is 2.11. The van der Waals surface area contributed by atoms with Crippen molar-refractivity contribution in [3.05, 3.63) is 29.6 Å². The summed E-state index contributed by atoms with van der Waals surface area (Å²) in [5, 5.41) is 11.2. The zero-order chi connectivity index (χ0) is 12.8. The van der Waals surface area contributed by atoms with E-state index in [4.69, 9.17) is 9.84 Å². The third kappa shape index (κ3) is 4.10. The zero-order valence-corrected chi connectivity index (χ0v) is 9.20. The summed E-state index contributed by atoms with van der Waals surface area (Å²) in [4.78, 5) is 21.2. The van der Waals surface area contributed by atoms with E-state index < -0.39 is 17.3 Å². The smallest absolute Gasteiger partial charge is 0.338 e. The summed E-state index contributed by atoms with van der Waals surface area (Å²) in [6.07, 6.45) is 0. The standard InChI is InChI=1S/C11H12FNO4/c1-7(14)13-4-5-17-8-2-3-10(12)9(6-8)11(15)16/h2-3,6H,4-5H2,1H3,(H,13,14)(H,15,16). The van der Waals surface area contributed by atoms with Crippen LogP contribution in [0.15, 0.2) is 18.2 Å². The Kier molecular flexibility index (Phi) is 4.45. The number of nitrogens with one attached hydrogen (secondary N) is 1. The molecule has 0 bridgehead atoms. The number of carbonyl (C=O) groups excluding carboxylic acids is 1. The molecule has 5 nitrogen and oxygen atoms in total. The van der Waals surface area contributed by atoms with E-state index in [1.54, 1.807) is 0 Å². The molecule has 0 radical (unpaired) electrons. The molecule has 0 atom stereocenters. The van der Waals surface area contributed by atoms with Crippen LogP contribution in [0.25, 0.3) is 0 Å². The van der Waals surface area contributed by atoms with Crippen LogP contribution >= 0.6 is 0 Å². The highest BCUT2D eigenvalue weighted by molar-refractivity contribution is 5.88. The Morgan fingerprint density at radius 1 is 1.47 bits per heavy atom. The van der Waals surface area contributed by atoms with Crippen molar-refractivity contribution < 1.29 is 23.8 Å². The number of aromatic carboxylic acids is 1. The van der Waals surface area contributed by atoms with E-state index in [0.717, 1.165) is 12.1 Å². The molecule has 0 aliphatic carbocycles. The highest BCUT2D eigenvalue weighted by Crippen LogP contribution is 2.16. The Morgan fingerprint density at radius 2 is 2.18 bits per heavy atom. The zero-order valence-electron chi connectivity index (χ0n) is 9.20. The van der Waals surface area contributed by atoms with Gasteiger partial charge in [-0.3, -0.25) is 4.79 Å². The maximum absolute atomic E-state index is 13.0. The Bertz CT molecular complexity index is 433. The third-order valence-corrected chi connectivity index (χ3v) is 1.91. The Morgan fingerprint density at radius 3 is 2.76 bits per heavy atom. The fraction of sp³-hybridized carbons (Fsp3) is 0.273. The number of hydrogen-bond acceptors (Lipinski definition) is 3. The average Bonchev–Trinajstić information content (AvgIpc) is 2.25. The normalized spacial score (nSPS) is 9.76. The molecule has 0 saturated carbocycles. The first-order valence-corrected chi connectivity index (χ1v) is 4.91. The van der Waals surface area contributed by atoms with E-state index in [9.17, 15) is 14.0 Å². The van der Waals surface area contributed by atoms with Crippen LogP contribution in [0.3, 0.4) is 0 Å². The van der Waals surface area contributed by atoms with E-state index in [1.165, 1.54) is 13.0 Å². The van der Waals surface area contributed by atoms with Gasteiger partial charge in [0.25, 0.3) is 0 Å². The molecule has 0 spiro atoms. The summed E-state index contributed by atoms with van der Waals surface area (Å²) in [6, 6.07) is 3.46. The van der Waals surface area contributed by atoms with E-state index in [0.29, 0.717) is 6.54 Å². The van der Waals surface area contributed by atoms with Gasteiger partial charge in [-0.05, 0) is 18.2 Å². The lowest BCUT2D eigenvalue weighted by Gasteiger charge is -2.07. The Balaban J connectivity index is 2.57. The average molecular weight is 241 g/mol. The first kappa shape index (κ1) is 13.0. The first-order chi connectivity index (χ1) is 8.00. The molecule has 0 aromatic heterocycles. The summed E-state index contributed by atoms with van der Waals surface area (Å²) in [5.41, 5.74) is -0.443. The molecule has 0 heterocycles. The molecular formula is C11H12FNO4. The van der Waals surface area contributed by atoms with Crippen molar-refractivity contribution in [2.75, 3.05) is 13.2 Å². The summed E-state index contributed by atoms with van der Waals surface area (Å²) < 4.78 is 18.2. The molecule has 1 amide bonds. The van der Waals surface area contributed by atoms with Gasteiger partial charge in [-0.25, -0.2) is 9.18 Å². The molecule has 0 saturated heterocycles. The maximum atomic E-state index is 13.0. The second kappa shape index (κ2) is 5.83. The van der Waals surface area contributed by atoms with Crippen LogP contribution < -0.4 is 10.1 Å². The molecule has 17 heavy (non-hydrogen) atoms. The van der Waals surface area contributed by atoms with Crippen LogP contribution in [0.5, 0.6) is 5.75 Å². The van der Waals surface area contributed by atoms with Crippen LogP contribution in [-0.4, -0.2) is 30.1 Å². The Labute approximate surface area is 97.2 Å². The van der Waals surface area contributed by atoms with Crippen molar-refractivity contribution >= 4 is 11.9 Å². The number of rotatable bonds is 5. The van der Waals surface area contributed by atoms with Gasteiger partial charge in [0.2, 0.25) is 5.91 Å². The fourth-order valence-corrected chi connectivity index (χ4v) is 1.15. The number of carboxylic acid groups (broad SMARTS) is 1. The molecular weight excluding hydrogens is 229 g/mol. The van der Waals surface area contributed by atoms with Crippen LogP contribution in [0.2, 0.25) is 0 Å². The lowest BCUT2D eigenvalue weighted by atomic mass is 10.2. The van der Waals surface area contributed by atoms with Gasteiger partial charge < -0.3 is 15.2 Å².